The van der Waals surface area contributed by atoms with Crippen LogP contribution in [0.4, 0.5) is 19.0 Å². The summed E-state index contributed by atoms with van der Waals surface area (Å²) < 4.78 is 37.3. The number of aliphatic imine (C=N–C) groups is 1. The lowest BCUT2D eigenvalue weighted by atomic mass is 10.0. The first-order valence-electron chi connectivity index (χ1n) is 8.18. The van der Waals surface area contributed by atoms with Crippen molar-refractivity contribution in [2.45, 2.75) is 32.4 Å². The van der Waals surface area contributed by atoms with Crippen molar-refractivity contribution in [1.82, 2.24) is 9.88 Å². The van der Waals surface area contributed by atoms with E-state index < -0.39 is 11.7 Å². The third-order valence-corrected chi connectivity index (χ3v) is 3.99. The predicted octanol–water partition coefficient (Wildman–Crippen LogP) is 3.57. The molecular formula is C16H25F3IN5. The SMILES string of the molecule is CC1CCCN(C(N)=NCCCNc2ccc(C(F)(F)F)cn2)C1.I. The van der Waals surface area contributed by atoms with Crippen molar-refractivity contribution in [3.05, 3.63) is 23.9 Å². The van der Waals surface area contributed by atoms with Crippen LogP contribution in [0.25, 0.3) is 0 Å². The zero-order chi connectivity index (χ0) is 17.6. The van der Waals surface area contributed by atoms with Crippen LogP contribution in [0.3, 0.4) is 0 Å². The van der Waals surface area contributed by atoms with E-state index in [1.54, 1.807) is 0 Å². The van der Waals surface area contributed by atoms with Gasteiger partial charge in [-0.2, -0.15) is 13.2 Å². The fourth-order valence-corrected chi connectivity index (χ4v) is 2.65. The Bertz CT molecular complexity index is 548. The first-order valence-corrected chi connectivity index (χ1v) is 8.18. The van der Waals surface area contributed by atoms with E-state index in [-0.39, 0.29) is 24.0 Å². The lowest BCUT2D eigenvalue weighted by molar-refractivity contribution is -0.137. The fraction of sp³-hybridized carbons (Fsp3) is 0.625. The van der Waals surface area contributed by atoms with Crippen molar-refractivity contribution in [1.29, 1.82) is 0 Å². The second kappa shape index (κ2) is 10.0. The Labute approximate surface area is 163 Å². The minimum atomic E-state index is -4.36. The van der Waals surface area contributed by atoms with Crippen LogP contribution in [-0.2, 0) is 6.18 Å². The minimum Gasteiger partial charge on any atom is -0.370 e. The van der Waals surface area contributed by atoms with Crippen LogP contribution in [0, 0.1) is 5.92 Å². The molecule has 1 atom stereocenters. The minimum absolute atomic E-state index is 0. The predicted molar refractivity (Wildman–Crippen MR) is 104 cm³/mol. The molecule has 1 aliphatic rings. The molecule has 1 saturated heterocycles. The molecule has 1 fully saturated rings. The molecular weight excluding hydrogens is 446 g/mol. The molecule has 25 heavy (non-hydrogen) atoms. The Morgan fingerprint density at radius 3 is 2.80 bits per heavy atom. The lowest BCUT2D eigenvalue weighted by Gasteiger charge is -2.31. The number of aromatic nitrogens is 1. The summed E-state index contributed by atoms with van der Waals surface area (Å²) in [5.41, 5.74) is 5.25. The van der Waals surface area contributed by atoms with E-state index in [0.717, 1.165) is 38.2 Å². The van der Waals surface area contributed by atoms with Gasteiger partial charge in [0.05, 0.1) is 5.56 Å². The highest BCUT2D eigenvalue weighted by Gasteiger charge is 2.30. The summed E-state index contributed by atoms with van der Waals surface area (Å²) in [6.07, 6.45) is -0.432. The standard InChI is InChI=1S/C16H24F3N5.HI/c1-12-4-2-9-24(11-12)15(20)22-8-3-7-21-14-6-5-13(10-23-14)16(17,18)19;/h5-6,10,12H,2-4,7-9,11H2,1H3,(H2,20,22)(H,21,23);1H. The van der Waals surface area contributed by atoms with E-state index in [0.29, 0.717) is 30.8 Å². The monoisotopic (exact) mass is 471 g/mol. The lowest BCUT2D eigenvalue weighted by Crippen LogP contribution is -2.43. The van der Waals surface area contributed by atoms with Gasteiger partial charge in [0.1, 0.15) is 5.82 Å². The maximum absolute atomic E-state index is 12.4. The van der Waals surface area contributed by atoms with Gasteiger partial charge in [0.15, 0.2) is 5.96 Å². The van der Waals surface area contributed by atoms with Crippen molar-refractivity contribution in [3.8, 4) is 0 Å². The molecule has 0 saturated carbocycles. The Hall–Kier alpha value is -1.26. The van der Waals surface area contributed by atoms with Crippen LogP contribution in [0.1, 0.15) is 31.7 Å². The van der Waals surface area contributed by atoms with Crippen molar-refractivity contribution < 1.29 is 13.2 Å². The molecule has 3 N–H and O–H groups in total. The van der Waals surface area contributed by atoms with Crippen LogP contribution in [0.5, 0.6) is 0 Å². The van der Waals surface area contributed by atoms with Gasteiger partial charge in [0, 0.05) is 32.4 Å². The number of likely N-dealkylation sites (tertiary alicyclic amines) is 1. The number of alkyl halides is 3. The molecule has 142 valence electrons. The average molecular weight is 471 g/mol. The summed E-state index contributed by atoms with van der Waals surface area (Å²) in [5.74, 6) is 1.64. The first kappa shape index (κ1) is 21.8. The summed E-state index contributed by atoms with van der Waals surface area (Å²) in [6.45, 7) is 5.26. The normalized spacial score (nSPS) is 18.6. The average Bonchev–Trinajstić information content (AvgIpc) is 2.54. The van der Waals surface area contributed by atoms with Crippen molar-refractivity contribution >= 4 is 35.8 Å². The summed E-state index contributed by atoms with van der Waals surface area (Å²) >= 11 is 0. The summed E-state index contributed by atoms with van der Waals surface area (Å²) in [5, 5.41) is 2.98. The molecule has 1 aromatic heterocycles. The molecule has 0 aliphatic carbocycles. The van der Waals surface area contributed by atoms with E-state index in [1.165, 1.54) is 12.5 Å². The van der Waals surface area contributed by atoms with Gasteiger partial charge in [-0.25, -0.2) is 4.98 Å². The second-order valence-corrected chi connectivity index (χ2v) is 6.14. The zero-order valence-electron chi connectivity index (χ0n) is 14.2. The largest absolute Gasteiger partial charge is 0.417 e. The van der Waals surface area contributed by atoms with Crippen LogP contribution in [0.2, 0.25) is 0 Å². The van der Waals surface area contributed by atoms with E-state index >= 15 is 0 Å². The van der Waals surface area contributed by atoms with Crippen LogP contribution < -0.4 is 11.1 Å². The van der Waals surface area contributed by atoms with Crippen molar-refractivity contribution in [2.75, 3.05) is 31.5 Å². The number of nitrogens with one attached hydrogen (secondary N) is 1. The molecule has 2 rings (SSSR count). The molecule has 9 heteroatoms. The van der Waals surface area contributed by atoms with Crippen LogP contribution >= 0.6 is 24.0 Å². The number of hydrogen-bond donors (Lipinski definition) is 2. The van der Waals surface area contributed by atoms with Gasteiger partial charge in [-0.1, -0.05) is 6.92 Å². The molecule has 0 radical (unpaired) electrons. The van der Waals surface area contributed by atoms with Gasteiger partial charge in [0.25, 0.3) is 0 Å². The number of nitrogens with zero attached hydrogens (tertiary/aromatic N) is 3. The molecule has 1 aliphatic heterocycles. The number of piperidine rings is 1. The number of anilines is 1. The van der Waals surface area contributed by atoms with Gasteiger partial charge >= 0.3 is 6.18 Å². The summed E-state index contributed by atoms with van der Waals surface area (Å²) in [7, 11) is 0. The van der Waals surface area contributed by atoms with E-state index in [4.69, 9.17) is 5.73 Å². The van der Waals surface area contributed by atoms with Gasteiger partial charge in [-0.3, -0.25) is 4.99 Å². The molecule has 0 aromatic carbocycles. The fourth-order valence-electron chi connectivity index (χ4n) is 2.65. The highest BCUT2D eigenvalue weighted by atomic mass is 127. The van der Waals surface area contributed by atoms with E-state index in [2.05, 4.69) is 27.1 Å². The molecule has 1 unspecified atom stereocenters. The van der Waals surface area contributed by atoms with Crippen LogP contribution in [0.15, 0.2) is 23.3 Å². The molecule has 1 aromatic rings. The topological polar surface area (TPSA) is 66.5 Å². The first-order chi connectivity index (χ1) is 11.4. The maximum Gasteiger partial charge on any atom is 0.417 e. The Morgan fingerprint density at radius 1 is 1.44 bits per heavy atom. The van der Waals surface area contributed by atoms with E-state index in [1.807, 2.05) is 0 Å². The Morgan fingerprint density at radius 2 is 2.20 bits per heavy atom. The highest BCUT2D eigenvalue weighted by Crippen LogP contribution is 2.28. The number of pyridine rings is 1. The van der Waals surface area contributed by atoms with Gasteiger partial charge in [-0.05, 0) is 37.3 Å². The van der Waals surface area contributed by atoms with E-state index in [9.17, 15) is 13.2 Å². The van der Waals surface area contributed by atoms with Gasteiger partial charge < -0.3 is 16.0 Å². The third-order valence-electron chi connectivity index (χ3n) is 3.99. The number of rotatable bonds is 5. The summed E-state index contributed by atoms with van der Waals surface area (Å²) in [4.78, 5) is 10.2. The molecule has 0 amide bonds. The highest BCUT2D eigenvalue weighted by molar-refractivity contribution is 14.0. The number of hydrogen-bond acceptors (Lipinski definition) is 3. The second-order valence-electron chi connectivity index (χ2n) is 6.14. The van der Waals surface area contributed by atoms with Gasteiger partial charge in [0.2, 0.25) is 0 Å². The molecule has 5 nitrogen and oxygen atoms in total. The zero-order valence-corrected chi connectivity index (χ0v) is 16.6. The van der Waals surface area contributed by atoms with Crippen LogP contribution in [-0.4, -0.2) is 42.0 Å². The number of halogens is 4. The van der Waals surface area contributed by atoms with Gasteiger partial charge in [-0.15, -0.1) is 24.0 Å². The number of guanidine groups is 1. The quantitative estimate of drug-likeness (QED) is 0.298. The molecule has 2 heterocycles. The van der Waals surface area contributed by atoms with Crippen molar-refractivity contribution in [3.63, 3.8) is 0 Å². The maximum atomic E-state index is 12.4. The Balaban J connectivity index is 0.00000312. The van der Waals surface area contributed by atoms with Crippen molar-refractivity contribution in [2.24, 2.45) is 16.6 Å². The molecule has 0 spiro atoms. The smallest absolute Gasteiger partial charge is 0.370 e. The summed E-state index contributed by atoms with van der Waals surface area (Å²) in [6, 6.07) is 2.35. The Kier molecular flexibility index (Phi) is 8.74. The molecule has 0 bridgehead atoms. The third kappa shape index (κ3) is 7.25. The number of nitrogens with two attached hydrogens (primary N) is 1.